The zero-order valence-corrected chi connectivity index (χ0v) is 11.1. The maximum atomic E-state index is 14.0. The molecule has 0 bridgehead atoms. The van der Waals surface area contributed by atoms with E-state index in [9.17, 15) is 9.50 Å². The van der Waals surface area contributed by atoms with Crippen LogP contribution >= 0.6 is 11.6 Å². The summed E-state index contributed by atoms with van der Waals surface area (Å²) in [7, 11) is 0. The molecule has 1 fully saturated rings. The predicted octanol–water partition coefficient (Wildman–Crippen LogP) is 1.75. The third-order valence-corrected chi connectivity index (χ3v) is 3.69. The Morgan fingerprint density at radius 2 is 2.40 bits per heavy atom. The highest BCUT2D eigenvalue weighted by Crippen LogP contribution is 2.37. The normalized spacial score (nSPS) is 26.0. The Bertz CT molecular complexity index is 697. The molecular weight excluding hydrogens is 285 g/mol. The van der Waals surface area contributed by atoms with E-state index in [0.29, 0.717) is 12.1 Å². The monoisotopic (exact) mass is 295 g/mol. The van der Waals surface area contributed by atoms with Crippen molar-refractivity contribution >= 4 is 22.6 Å². The maximum absolute atomic E-state index is 14.0. The molecule has 3 atom stereocenters. The van der Waals surface area contributed by atoms with Crippen molar-refractivity contribution in [1.82, 2.24) is 14.5 Å². The van der Waals surface area contributed by atoms with Gasteiger partial charge in [-0.3, -0.25) is 0 Å². The number of rotatable bonds is 2. The van der Waals surface area contributed by atoms with Gasteiger partial charge in [0.1, 0.15) is 23.4 Å². The fourth-order valence-electron chi connectivity index (χ4n) is 2.47. The fourth-order valence-corrected chi connectivity index (χ4v) is 2.69. The van der Waals surface area contributed by atoms with Crippen LogP contribution in [0.4, 0.5) is 4.39 Å². The van der Waals surface area contributed by atoms with Crippen molar-refractivity contribution in [2.75, 3.05) is 6.61 Å². The van der Waals surface area contributed by atoms with E-state index in [1.807, 2.05) is 0 Å². The first-order valence-electron chi connectivity index (χ1n) is 6.04. The molecule has 1 aliphatic rings. The van der Waals surface area contributed by atoms with Gasteiger partial charge in [0.15, 0.2) is 5.82 Å². The highest BCUT2D eigenvalue weighted by Gasteiger charge is 2.36. The summed E-state index contributed by atoms with van der Waals surface area (Å²) in [6.45, 7) is -0.133. The molecule has 0 spiro atoms. The molecule has 2 aromatic heterocycles. The molecule has 3 heterocycles. The molecule has 2 aromatic rings. The van der Waals surface area contributed by atoms with Gasteiger partial charge < -0.3 is 14.4 Å². The number of ether oxygens (including phenoxy) is 1. The second-order valence-corrected chi connectivity index (χ2v) is 4.95. The number of terminal acetylenes is 1. The zero-order chi connectivity index (χ0) is 14.3. The molecule has 5 nitrogen and oxygen atoms in total. The Morgan fingerprint density at radius 3 is 3.10 bits per heavy atom. The molecule has 0 radical (unpaired) electrons. The van der Waals surface area contributed by atoms with Gasteiger partial charge in [-0.15, -0.1) is 6.42 Å². The minimum atomic E-state index is -0.574. The highest BCUT2D eigenvalue weighted by molar-refractivity contribution is 6.33. The largest absolute Gasteiger partial charge is 0.394 e. The summed E-state index contributed by atoms with van der Waals surface area (Å²) >= 11 is 5.88. The molecule has 3 rings (SSSR count). The van der Waals surface area contributed by atoms with E-state index < -0.39 is 12.0 Å². The summed E-state index contributed by atoms with van der Waals surface area (Å²) in [6, 6.07) is 0. The minimum absolute atomic E-state index is 0.0419. The van der Waals surface area contributed by atoms with E-state index in [-0.39, 0.29) is 29.2 Å². The van der Waals surface area contributed by atoms with Gasteiger partial charge in [0, 0.05) is 6.20 Å². The third kappa shape index (κ3) is 1.95. The van der Waals surface area contributed by atoms with Crippen LogP contribution in [-0.2, 0) is 4.74 Å². The van der Waals surface area contributed by atoms with Crippen LogP contribution in [0.2, 0.25) is 5.15 Å². The lowest BCUT2D eigenvalue weighted by atomic mass is 10.0. The summed E-state index contributed by atoms with van der Waals surface area (Å²) in [6.07, 6.45) is 7.56. The van der Waals surface area contributed by atoms with E-state index >= 15 is 0 Å². The molecule has 1 aliphatic heterocycles. The summed E-state index contributed by atoms with van der Waals surface area (Å²) in [5, 5.41) is 9.36. The Hall–Kier alpha value is -1.68. The molecule has 3 unspecified atom stereocenters. The van der Waals surface area contributed by atoms with Crippen molar-refractivity contribution in [2.45, 2.75) is 18.8 Å². The van der Waals surface area contributed by atoms with Gasteiger partial charge in [-0.2, -0.15) is 0 Å². The van der Waals surface area contributed by atoms with Crippen LogP contribution in [0.25, 0.3) is 11.0 Å². The molecule has 0 amide bonds. The predicted molar refractivity (Wildman–Crippen MR) is 70.4 cm³/mol. The Morgan fingerprint density at radius 1 is 1.60 bits per heavy atom. The first-order valence-corrected chi connectivity index (χ1v) is 6.42. The molecule has 0 aliphatic carbocycles. The van der Waals surface area contributed by atoms with E-state index in [1.165, 1.54) is 17.1 Å². The van der Waals surface area contributed by atoms with Gasteiger partial charge in [0.05, 0.1) is 24.0 Å². The molecule has 104 valence electrons. The van der Waals surface area contributed by atoms with E-state index in [1.54, 1.807) is 0 Å². The first kappa shape index (κ1) is 13.3. The zero-order valence-electron chi connectivity index (χ0n) is 10.3. The van der Waals surface area contributed by atoms with Gasteiger partial charge in [0.25, 0.3) is 0 Å². The van der Waals surface area contributed by atoms with Crippen molar-refractivity contribution in [3.63, 3.8) is 0 Å². The second-order valence-electron chi connectivity index (χ2n) is 4.59. The molecule has 7 heteroatoms. The Balaban J connectivity index is 2.11. The van der Waals surface area contributed by atoms with Gasteiger partial charge in [-0.1, -0.05) is 17.5 Å². The van der Waals surface area contributed by atoms with Crippen LogP contribution in [0.1, 0.15) is 12.6 Å². The van der Waals surface area contributed by atoms with Crippen molar-refractivity contribution < 1.29 is 14.2 Å². The number of aromatic nitrogens is 3. The summed E-state index contributed by atoms with van der Waals surface area (Å²) in [4.78, 5) is 7.80. The Labute approximate surface area is 119 Å². The smallest absolute Gasteiger partial charge is 0.153 e. The fraction of sp³-hybridized carbons (Fsp3) is 0.385. The molecule has 0 saturated carbocycles. The van der Waals surface area contributed by atoms with Crippen LogP contribution < -0.4 is 0 Å². The molecule has 20 heavy (non-hydrogen) atoms. The van der Waals surface area contributed by atoms with E-state index in [4.69, 9.17) is 22.8 Å². The average molecular weight is 296 g/mol. The van der Waals surface area contributed by atoms with Crippen molar-refractivity contribution in [1.29, 1.82) is 0 Å². The van der Waals surface area contributed by atoms with E-state index in [0.717, 1.165) is 0 Å². The maximum Gasteiger partial charge on any atom is 0.153 e. The lowest BCUT2D eigenvalue weighted by molar-refractivity contribution is -0.0262. The summed E-state index contributed by atoms with van der Waals surface area (Å²) < 4.78 is 21.2. The molecule has 1 saturated heterocycles. The van der Waals surface area contributed by atoms with Gasteiger partial charge in [-0.25, -0.2) is 14.4 Å². The van der Waals surface area contributed by atoms with E-state index in [2.05, 4.69) is 15.9 Å². The molecular formula is C13H11ClFN3O2. The van der Waals surface area contributed by atoms with Crippen LogP contribution in [0.3, 0.4) is 0 Å². The lowest BCUT2D eigenvalue weighted by Crippen LogP contribution is -2.15. The van der Waals surface area contributed by atoms with Crippen LogP contribution in [-0.4, -0.2) is 32.4 Å². The van der Waals surface area contributed by atoms with Crippen molar-refractivity contribution in [3.8, 4) is 12.3 Å². The van der Waals surface area contributed by atoms with Gasteiger partial charge in [0.2, 0.25) is 0 Å². The summed E-state index contributed by atoms with van der Waals surface area (Å²) in [5.41, 5.74) is 0.325. The summed E-state index contributed by atoms with van der Waals surface area (Å²) in [5.74, 6) is 1.81. The second kappa shape index (κ2) is 5.02. The standard InChI is InChI=1S/C13H11ClFN3O2/c1-2-7-3-8(5-19)20-13(7)18-4-9(15)10-11(14)16-6-17-12(10)18/h1,4,6-8,13,19H,3,5H2. The number of hydrogen-bond acceptors (Lipinski definition) is 4. The number of halogens is 2. The van der Waals surface area contributed by atoms with Crippen LogP contribution in [0.5, 0.6) is 0 Å². The molecule has 0 aromatic carbocycles. The lowest BCUT2D eigenvalue weighted by Gasteiger charge is -2.17. The molecule has 1 N–H and O–H groups in total. The third-order valence-electron chi connectivity index (χ3n) is 3.40. The van der Waals surface area contributed by atoms with Gasteiger partial charge >= 0.3 is 0 Å². The highest BCUT2D eigenvalue weighted by atomic mass is 35.5. The number of aliphatic hydroxyl groups excluding tert-OH is 1. The quantitative estimate of drug-likeness (QED) is 0.677. The topological polar surface area (TPSA) is 60.2 Å². The first-order chi connectivity index (χ1) is 9.65. The Kier molecular flexibility index (Phi) is 3.34. The number of aliphatic hydroxyl groups is 1. The van der Waals surface area contributed by atoms with Crippen molar-refractivity contribution in [2.24, 2.45) is 5.92 Å². The van der Waals surface area contributed by atoms with Crippen LogP contribution in [0.15, 0.2) is 12.5 Å². The minimum Gasteiger partial charge on any atom is -0.394 e. The van der Waals surface area contributed by atoms with Gasteiger partial charge in [-0.05, 0) is 6.42 Å². The number of nitrogens with zero attached hydrogens (tertiary/aromatic N) is 3. The average Bonchev–Trinajstić information content (AvgIpc) is 3.00. The van der Waals surface area contributed by atoms with Crippen molar-refractivity contribution in [3.05, 3.63) is 23.5 Å². The number of fused-ring (bicyclic) bond motifs is 1. The SMILES string of the molecule is C#CC1CC(CO)OC1n1cc(F)c2c(Cl)ncnc21. The number of hydrogen-bond donors (Lipinski definition) is 1. The van der Waals surface area contributed by atoms with Crippen LogP contribution in [0, 0.1) is 24.1 Å².